The Morgan fingerprint density at radius 3 is 2.57 bits per heavy atom. The zero-order chi connectivity index (χ0) is 16.4. The monoisotopic (exact) mass is 356 g/mol. The summed E-state index contributed by atoms with van der Waals surface area (Å²) in [6, 6.07) is 4.43. The molecule has 2 heterocycles. The number of carbonyl (C=O) groups is 2. The molecule has 1 aromatic carbocycles. The highest BCUT2D eigenvalue weighted by Gasteiger charge is 2.38. The Kier molecular flexibility index (Phi) is 5.09. The maximum Gasteiger partial charge on any atom is 0.247 e. The predicted molar refractivity (Wildman–Crippen MR) is 88.8 cm³/mol. The number of anilines is 1. The van der Waals surface area contributed by atoms with Gasteiger partial charge in [0.1, 0.15) is 6.04 Å². The Balaban J connectivity index is 1.69. The third-order valence-corrected chi connectivity index (χ3v) is 4.68. The number of hydrogen-bond acceptors (Lipinski definition) is 3. The lowest BCUT2D eigenvalue weighted by molar-refractivity contribution is -0.140. The third kappa shape index (κ3) is 3.79. The molecule has 2 saturated heterocycles. The van der Waals surface area contributed by atoms with Crippen molar-refractivity contribution in [2.45, 2.75) is 25.3 Å². The van der Waals surface area contributed by atoms with Crippen molar-refractivity contribution in [2.75, 3.05) is 25.1 Å². The fourth-order valence-corrected chi connectivity index (χ4v) is 3.64. The van der Waals surface area contributed by atoms with Crippen molar-refractivity contribution in [3.8, 4) is 0 Å². The maximum atomic E-state index is 12.5. The molecule has 2 amide bonds. The van der Waals surface area contributed by atoms with E-state index in [9.17, 15) is 9.59 Å². The van der Waals surface area contributed by atoms with Gasteiger partial charge in [-0.1, -0.05) is 23.2 Å². The first kappa shape index (κ1) is 16.6. The van der Waals surface area contributed by atoms with Gasteiger partial charge in [-0.3, -0.25) is 9.59 Å². The second kappa shape index (κ2) is 7.07. The molecule has 5 nitrogen and oxygen atoms in total. The van der Waals surface area contributed by atoms with Gasteiger partial charge >= 0.3 is 0 Å². The number of hydrogen-bond donors (Lipinski definition) is 1. The molecule has 124 valence electrons. The van der Waals surface area contributed by atoms with Crippen LogP contribution in [0.1, 0.15) is 19.3 Å². The van der Waals surface area contributed by atoms with Crippen LogP contribution < -0.4 is 5.32 Å². The van der Waals surface area contributed by atoms with Gasteiger partial charge in [-0.15, -0.1) is 0 Å². The molecule has 1 aromatic rings. The topological polar surface area (TPSA) is 58.6 Å². The van der Waals surface area contributed by atoms with Gasteiger partial charge in [0.05, 0.1) is 12.5 Å². The summed E-state index contributed by atoms with van der Waals surface area (Å²) in [5, 5.41) is 3.72. The van der Waals surface area contributed by atoms with Crippen LogP contribution >= 0.6 is 23.2 Å². The standard InChI is InChI=1S/C16H18Cl2N2O3/c17-11-6-12(18)8-13(7-11)19-15(21)14-2-1-4-20(14)16(22)10-3-5-23-9-10/h6-8,10,14H,1-5,9H2,(H,19,21)/t10-,14-/m1/s1. The SMILES string of the molecule is O=C(Nc1cc(Cl)cc(Cl)c1)[C@H]1CCCN1C(=O)[C@@H]1CCOC1. The number of nitrogens with zero attached hydrogens (tertiary/aromatic N) is 1. The molecule has 2 aliphatic rings. The molecule has 0 saturated carbocycles. The first-order chi connectivity index (χ1) is 11.0. The van der Waals surface area contributed by atoms with E-state index in [1.54, 1.807) is 23.1 Å². The molecule has 0 radical (unpaired) electrons. The molecule has 2 aliphatic heterocycles. The average Bonchev–Trinajstić information content (AvgIpc) is 3.17. The molecule has 23 heavy (non-hydrogen) atoms. The third-order valence-electron chi connectivity index (χ3n) is 4.25. The lowest BCUT2D eigenvalue weighted by Crippen LogP contribution is -2.45. The van der Waals surface area contributed by atoms with Crippen LogP contribution in [0.25, 0.3) is 0 Å². The summed E-state index contributed by atoms with van der Waals surface area (Å²) in [4.78, 5) is 26.8. The Bertz CT molecular complexity index is 597. The molecule has 2 atom stereocenters. The fourth-order valence-electron chi connectivity index (χ4n) is 3.12. The smallest absolute Gasteiger partial charge is 0.247 e. The van der Waals surface area contributed by atoms with Crippen molar-refractivity contribution in [3.05, 3.63) is 28.2 Å². The summed E-state index contributed by atoms with van der Waals surface area (Å²) in [6.45, 7) is 1.68. The van der Waals surface area contributed by atoms with Gasteiger partial charge in [-0.25, -0.2) is 0 Å². The minimum Gasteiger partial charge on any atom is -0.381 e. The lowest BCUT2D eigenvalue weighted by atomic mass is 10.1. The molecule has 0 unspecified atom stereocenters. The number of amides is 2. The number of likely N-dealkylation sites (tertiary alicyclic amines) is 1. The number of nitrogens with one attached hydrogen (secondary N) is 1. The number of ether oxygens (including phenoxy) is 1. The lowest BCUT2D eigenvalue weighted by Gasteiger charge is -2.26. The van der Waals surface area contributed by atoms with Crippen LogP contribution in [0.3, 0.4) is 0 Å². The summed E-state index contributed by atoms with van der Waals surface area (Å²) >= 11 is 11.9. The van der Waals surface area contributed by atoms with Crippen molar-refractivity contribution in [1.82, 2.24) is 4.90 Å². The predicted octanol–water partition coefficient (Wildman–Crippen LogP) is 2.96. The van der Waals surface area contributed by atoms with Crippen LogP contribution in [0.5, 0.6) is 0 Å². The minimum absolute atomic E-state index is 0.0178. The van der Waals surface area contributed by atoms with E-state index in [-0.39, 0.29) is 17.7 Å². The van der Waals surface area contributed by atoms with E-state index >= 15 is 0 Å². The van der Waals surface area contributed by atoms with Crippen LogP contribution in [0.2, 0.25) is 10.0 Å². The molecule has 0 spiro atoms. The second-order valence-corrected chi connectivity index (χ2v) is 6.77. The first-order valence-electron chi connectivity index (χ1n) is 7.70. The van der Waals surface area contributed by atoms with Crippen LogP contribution in [-0.4, -0.2) is 42.5 Å². The van der Waals surface area contributed by atoms with Crippen molar-refractivity contribution >= 4 is 40.7 Å². The second-order valence-electron chi connectivity index (χ2n) is 5.90. The Labute approximate surface area is 144 Å². The van der Waals surface area contributed by atoms with E-state index in [1.807, 2.05) is 0 Å². The molecule has 0 bridgehead atoms. The van der Waals surface area contributed by atoms with Gasteiger partial charge in [0.2, 0.25) is 11.8 Å². The number of carbonyl (C=O) groups excluding carboxylic acids is 2. The Hall–Kier alpha value is -1.30. The molecule has 0 aliphatic carbocycles. The summed E-state index contributed by atoms with van der Waals surface area (Å²) in [7, 11) is 0. The first-order valence-corrected chi connectivity index (χ1v) is 8.45. The number of halogens is 2. The van der Waals surface area contributed by atoms with Crippen molar-refractivity contribution in [3.63, 3.8) is 0 Å². The van der Waals surface area contributed by atoms with Crippen LogP contribution in [0, 0.1) is 5.92 Å². The van der Waals surface area contributed by atoms with E-state index in [2.05, 4.69) is 5.32 Å². The molecular formula is C16H18Cl2N2O3. The zero-order valence-electron chi connectivity index (χ0n) is 12.6. The molecule has 2 fully saturated rings. The van der Waals surface area contributed by atoms with E-state index in [0.29, 0.717) is 41.9 Å². The maximum absolute atomic E-state index is 12.5. The van der Waals surface area contributed by atoms with Crippen molar-refractivity contribution < 1.29 is 14.3 Å². The quantitative estimate of drug-likeness (QED) is 0.905. The van der Waals surface area contributed by atoms with Crippen molar-refractivity contribution in [2.24, 2.45) is 5.92 Å². The summed E-state index contributed by atoms with van der Waals surface area (Å²) < 4.78 is 5.28. The summed E-state index contributed by atoms with van der Waals surface area (Å²) in [5.41, 5.74) is 0.538. The van der Waals surface area contributed by atoms with Crippen LogP contribution in [0.15, 0.2) is 18.2 Å². The molecule has 0 aromatic heterocycles. The van der Waals surface area contributed by atoms with Gasteiger partial charge in [0.25, 0.3) is 0 Å². The van der Waals surface area contributed by atoms with Gasteiger partial charge < -0.3 is 15.0 Å². The highest BCUT2D eigenvalue weighted by Crippen LogP contribution is 2.26. The fraction of sp³-hybridized carbons (Fsp3) is 0.500. The van der Waals surface area contributed by atoms with Gasteiger partial charge in [0.15, 0.2) is 0 Å². The largest absolute Gasteiger partial charge is 0.381 e. The van der Waals surface area contributed by atoms with Crippen LogP contribution in [0.4, 0.5) is 5.69 Å². The molecule has 7 heteroatoms. The van der Waals surface area contributed by atoms with E-state index in [4.69, 9.17) is 27.9 Å². The minimum atomic E-state index is -0.444. The van der Waals surface area contributed by atoms with Gasteiger partial charge in [0, 0.05) is 28.9 Å². The van der Waals surface area contributed by atoms with E-state index < -0.39 is 6.04 Å². The van der Waals surface area contributed by atoms with Crippen LogP contribution in [-0.2, 0) is 14.3 Å². The Morgan fingerprint density at radius 1 is 1.17 bits per heavy atom. The number of rotatable bonds is 3. The molecule has 3 rings (SSSR count). The highest BCUT2D eigenvalue weighted by molar-refractivity contribution is 6.35. The molecular weight excluding hydrogens is 339 g/mol. The zero-order valence-corrected chi connectivity index (χ0v) is 14.1. The highest BCUT2D eigenvalue weighted by atomic mass is 35.5. The Morgan fingerprint density at radius 2 is 1.91 bits per heavy atom. The number of benzene rings is 1. The average molecular weight is 357 g/mol. The summed E-state index contributed by atoms with van der Waals surface area (Å²) in [5.74, 6) is -0.304. The summed E-state index contributed by atoms with van der Waals surface area (Å²) in [6.07, 6.45) is 2.22. The molecule has 1 N–H and O–H groups in total. The van der Waals surface area contributed by atoms with E-state index in [0.717, 1.165) is 12.8 Å². The normalized spacial score (nSPS) is 24.0. The van der Waals surface area contributed by atoms with Gasteiger partial charge in [-0.05, 0) is 37.5 Å². The van der Waals surface area contributed by atoms with Crippen molar-refractivity contribution in [1.29, 1.82) is 0 Å². The van der Waals surface area contributed by atoms with E-state index in [1.165, 1.54) is 0 Å². The van der Waals surface area contributed by atoms with Gasteiger partial charge in [-0.2, -0.15) is 0 Å².